The summed E-state index contributed by atoms with van der Waals surface area (Å²) in [5.74, 6) is 0.125. The van der Waals surface area contributed by atoms with Gasteiger partial charge in [-0.2, -0.15) is 0 Å². The monoisotopic (exact) mass is 363 g/mol. The molecule has 0 spiro atoms. The van der Waals surface area contributed by atoms with E-state index in [2.05, 4.69) is 24.1 Å². The van der Waals surface area contributed by atoms with E-state index in [0.717, 1.165) is 18.7 Å². The topological polar surface area (TPSA) is 52.7 Å². The number of carbonyl (C=O) groups excluding carboxylic acids is 2. The Morgan fingerprint density at radius 2 is 1.64 bits per heavy atom. The SMILES string of the molecule is CC(C)NC(=O)CN1CCN(C(=O)c2ccc(SC(C)C)cc2)CC1. The predicted octanol–water partition coefficient (Wildman–Crippen LogP) is 2.47. The Labute approximate surface area is 155 Å². The number of rotatable bonds is 6. The Hall–Kier alpha value is -1.53. The van der Waals surface area contributed by atoms with Crippen molar-refractivity contribution in [2.75, 3.05) is 32.7 Å². The Kier molecular flexibility index (Phi) is 7.32. The number of piperazine rings is 1. The third kappa shape index (κ3) is 6.36. The van der Waals surface area contributed by atoms with E-state index in [-0.39, 0.29) is 17.9 Å². The molecule has 1 fully saturated rings. The lowest BCUT2D eigenvalue weighted by molar-refractivity contribution is -0.123. The maximum Gasteiger partial charge on any atom is 0.253 e. The van der Waals surface area contributed by atoms with E-state index < -0.39 is 0 Å². The first kappa shape index (κ1) is 19.8. The van der Waals surface area contributed by atoms with E-state index in [0.29, 0.717) is 24.9 Å². The Bertz CT molecular complexity index is 579. The third-order valence-electron chi connectivity index (χ3n) is 3.95. The molecule has 0 bridgehead atoms. The molecule has 1 aliphatic heterocycles. The highest BCUT2D eigenvalue weighted by Gasteiger charge is 2.23. The smallest absolute Gasteiger partial charge is 0.253 e. The molecule has 0 aliphatic carbocycles. The summed E-state index contributed by atoms with van der Waals surface area (Å²) in [4.78, 5) is 29.6. The largest absolute Gasteiger partial charge is 0.353 e. The number of thioether (sulfide) groups is 1. The molecule has 2 rings (SSSR count). The van der Waals surface area contributed by atoms with Crippen LogP contribution in [-0.2, 0) is 4.79 Å². The maximum atomic E-state index is 12.6. The molecule has 1 heterocycles. The highest BCUT2D eigenvalue weighted by atomic mass is 32.2. The van der Waals surface area contributed by atoms with Gasteiger partial charge >= 0.3 is 0 Å². The van der Waals surface area contributed by atoms with Gasteiger partial charge in [0.1, 0.15) is 0 Å². The molecule has 5 nitrogen and oxygen atoms in total. The summed E-state index contributed by atoms with van der Waals surface area (Å²) < 4.78 is 0. The molecule has 1 aromatic carbocycles. The lowest BCUT2D eigenvalue weighted by Gasteiger charge is -2.34. The molecule has 0 saturated carbocycles. The first-order valence-corrected chi connectivity index (χ1v) is 9.81. The second-order valence-corrected chi connectivity index (χ2v) is 8.63. The summed E-state index contributed by atoms with van der Waals surface area (Å²) >= 11 is 1.79. The fourth-order valence-electron chi connectivity index (χ4n) is 2.81. The number of hydrogen-bond donors (Lipinski definition) is 1. The molecule has 6 heteroatoms. The summed E-state index contributed by atoms with van der Waals surface area (Å²) in [6.45, 7) is 11.4. The predicted molar refractivity (Wildman–Crippen MR) is 103 cm³/mol. The van der Waals surface area contributed by atoms with E-state index >= 15 is 0 Å². The number of carbonyl (C=O) groups is 2. The van der Waals surface area contributed by atoms with Crippen molar-refractivity contribution in [3.05, 3.63) is 29.8 Å². The van der Waals surface area contributed by atoms with E-state index in [9.17, 15) is 9.59 Å². The van der Waals surface area contributed by atoms with Crippen molar-refractivity contribution < 1.29 is 9.59 Å². The van der Waals surface area contributed by atoms with Crippen LogP contribution in [-0.4, -0.2) is 65.6 Å². The van der Waals surface area contributed by atoms with Gasteiger partial charge in [0.2, 0.25) is 5.91 Å². The number of hydrogen-bond acceptors (Lipinski definition) is 4. The molecule has 1 aliphatic rings. The molecule has 1 aromatic rings. The van der Waals surface area contributed by atoms with Crippen LogP contribution in [0.1, 0.15) is 38.1 Å². The Morgan fingerprint density at radius 1 is 1.04 bits per heavy atom. The fourth-order valence-corrected chi connectivity index (χ4v) is 3.65. The zero-order chi connectivity index (χ0) is 18.4. The molecule has 0 atom stereocenters. The molecule has 138 valence electrons. The average Bonchev–Trinajstić information content (AvgIpc) is 2.54. The molecule has 25 heavy (non-hydrogen) atoms. The van der Waals surface area contributed by atoms with Crippen LogP contribution in [0, 0.1) is 0 Å². The van der Waals surface area contributed by atoms with Crippen molar-refractivity contribution >= 4 is 23.6 Å². The van der Waals surface area contributed by atoms with Gasteiger partial charge in [0.15, 0.2) is 0 Å². The van der Waals surface area contributed by atoms with Crippen LogP contribution in [0.15, 0.2) is 29.2 Å². The van der Waals surface area contributed by atoms with Crippen molar-refractivity contribution in [3.8, 4) is 0 Å². The summed E-state index contributed by atoms with van der Waals surface area (Å²) in [6, 6.07) is 8.02. The van der Waals surface area contributed by atoms with Crippen molar-refractivity contribution in [1.82, 2.24) is 15.1 Å². The van der Waals surface area contributed by atoms with E-state index in [1.165, 1.54) is 4.90 Å². The zero-order valence-electron chi connectivity index (χ0n) is 15.6. The van der Waals surface area contributed by atoms with Crippen molar-refractivity contribution in [3.63, 3.8) is 0 Å². The van der Waals surface area contributed by atoms with E-state index in [4.69, 9.17) is 0 Å². The number of amides is 2. The zero-order valence-corrected chi connectivity index (χ0v) is 16.4. The molecule has 0 aromatic heterocycles. The first-order chi connectivity index (χ1) is 11.8. The van der Waals surface area contributed by atoms with Crippen LogP contribution >= 0.6 is 11.8 Å². The van der Waals surface area contributed by atoms with Gasteiger partial charge in [-0.3, -0.25) is 14.5 Å². The van der Waals surface area contributed by atoms with Crippen molar-refractivity contribution in [1.29, 1.82) is 0 Å². The summed E-state index contributed by atoms with van der Waals surface area (Å²) in [5, 5.41) is 3.44. The van der Waals surface area contributed by atoms with Crippen LogP contribution < -0.4 is 5.32 Å². The number of nitrogens with zero attached hydrogens (tertiary/aromatic N) is 2. The van der Waals surface area contributed by atoms with Crippen LogP contribution in [0.3, 0.4) is 0 Å². The van der Waals surface area contributed by atoms with Crippen LogP contribution in [0.2, 0.25) is 0 Å². The van der Waals surface area contributed by atoms with Crippen LogP contribution in [0.5, 0.6) is 0 Å². The van der Waals surface area contributed by atoms with Crippen LogP contribution in [0.4, 0.5) is 0 Å². The highest BCUT2D eigenvalue weighted by Crippen LogP contribution is 2.23. The quantitative estimate of drug-likeness (QED) is 0.789. The van der Waals surface area contributed by atoms with Gasteiger partial charge in [-0.05, 0) is 38.1 Å². The van der Waals surface area contributed by atoms with Gasteiger partial charge in [-0.1, -0.05) is 13.8 Å². The third-order valence-corrected chi connectivity index (χ3v) is 4.97. The summed E-state index contributed by atoms with van der Waals surface area (Å²) in [5.41, 5.74) is 0.735. The Balaban J connectivity index is 1.83. The van der Waals surface area contributed by atoms with Gasteiger partial charge in [0.25, 0.3) is 5.91 Å². The molecule has 1 saturated heterocycles. The summed E-state index contributed by atoms with van der Waals surface area (Å²) in [7, 11) is 0. The average molecular weight is 364 g/mol. The second-order valence-electron chi connectivity index (χ2n) is 6.98. The molecular formula is C19H29N3O2S. The maximum absolute atomic E-state index is 12.6. The lowest BCUT2D eigenvalue weighted by Crippen LogP contribution is -2.51. The minimum atomic E-state index is 0.0491. The number of nitrogens with one attached hydrogen (secondary N) is 1. The fraction of sp³-hybridized carbons (Fsp3) is 0.579. The molecule has 1 N–H and O–H groups in total. The van der Waals surface area contributed by atoms with Gasteiger partial charge < -0.3 is 10.2 Å². The minimum Gasteiger partial charge on any atom is -0.353 e. The minimum absolute atomic E-state index is 0.0491. The summed E-state index contributed by atoms with van der Waals surface area (Å²) in [6.07, 6.45) is 0. The molecule has 0 radical (unpaired) electrons. The molecular weight excluding hydrogens is 334 g/mol. The lowest BCUT2D eigenvalue weighted by atomic mass is 10.2. The number of benzene rings is 1. The first-order valence-electron chi connectivity index (χ1n) is 8.93. The van der Waals surface area contributed by atoms with Gasteiger partial charge in [0.05, 0.1) is 6.54 Å². The Morgan fingerprint density at radius 3 is 2.16 bits per heavy atom. The van der Waals surface area contributed by atoms with Gasteiger partial charge in [0, 0.05) is 47.9 Å². The van der Waals surface area contributed by atoms with E-state index in [1.807, 2.05) is 43.0 Å². The molecule has 0 unspecified atom stereocenters. The van der Waals surface area contributed by atoms with Crippen molar-refractivity contribution in [2.24, 2.45) is 0 Å². The molecule has 2 amide bonds. The van der Waals surface area contributed by atoms with Crippen LogP contribution in [0.25, 0.3) is 0 Å². The van der Waals surface area contributed by atoms with Gasteiger partial charge in [-0.15, -0.1) is 11.8 Å². The second kappa shape index (κ2) is 9.25. The standard InChI is InChI=1S/C19H29N3O2S/c1-14(2)20-18(23)13-21-9-11-22(12-10-21)19(24)16-5-7-17(8-6-16)25-15(3)4/h5-8,14-15H,9-13H2,1-4H3,(H,20,23). The van der Waals surface area contributed by atoms with Gasteiger partial charge in [-0.25, -0.2) is 0 Å². The highest BCUT2D eigenvalue weighted by molar-refractivity contribution is 7.99. The van der Waals surface area contributed by atoms with E-state index in [1.54, 1.807) is 11.8 Å². The van der Waals surface area contributed by atoms with Crippen molar-refractivity contribution in [2.45, 2.75) is 43.9 Å². The normalized spacial score (nSPS) is 15.7.